The number of nitrogens with one attached hydrogen (secondary N) is 1. The summed E-state index contributed by atoms with van der Waals surface area (Å²) in [4.78, 5) is 13.5. The van der Waals surface area contributed by atoms with E-state index >= 15 is 0 Å². The molecule has 1 atom stereocenters. The van der Waals surface area contributed by atoms with Gasteiger partial charge in [-0.05, 0) is 55.0 Å². The van der Waals surface area contributed by atoms with E-state index in [-0.39, 0.29) is 46.3 Å². The number of benzene rings is 2. The van der Waals surface area contributed by atoms with Crippen LogP contribution in [0.25, 0.3) is 10.9 Å². The molecule has 2 aliphatic rings. The molecule has 7 nitrogen and oxygen atoms in total. The number of nitrogens with zero attached hydrogens (tertiary/aromatic N) is 2. The largest absolute Gasteiger partial charge is 1.00 e. The quantitative estimate of drug-likeness (QED) is 0.431. The van der Waals surface area contributed by atoms with Gasteiger partial charge in [0.1, 0.15) is 11.7 Å². The smallest absolute Gasteiger partial charge is 0.871 e. The van der Waals surface area contributed by atoms with Crippen molar-refractivity contribution in [3.8, 4) is 5.75 Å². The number of halogens is 1. The first-order valence-corrected chi connectivity index (χ1v) is 12.1. The fourth-order valence-corrected chi connectivity index (χ4v) is 5.72. The number of rotatable bonds is 5. The number of pyridine rings is 1. The topological polar surface area (TPSA) is 95.8 Å². The average molecular weight is 477 g/mol. The van der Waals surface area contributed by atoms with Gasteiger partial charge in [0, 0.05) is 13.7 Å². The third-order valence-electron chi connectivity index (χ3n) is 6.06. The molecule has 2 aromatic carbocycles. The van der Waals surface area contributed by atoms with E-state index < -0.39 is 24.6 Å². The molecule has 10 heteroatoms. The van der Waals surface area contributed by atoms with Gasteiger partial charge in [-0.3, -0.25) is 9.36 Å². The number of hydrogen-bond donors (Lipinski definition) is 1. The minimum atomic E-state index is -3.71. The molecular weight excluding hydrogens is 455 g/mol. The molecule has 0 amide bonds. The molecule has 0 bridgehead atoms. The Morgan fingerprint density at radius 3 is 2.73 bits per heavy atom. The monoisotopic (exact) mass is 477 g/mol. The SMILES string of the molecule is COP1(=O)N=C(c2c([O-])c3cc(F)ccc3n(CCC3CC3)c2=O)Nc2ccc(C)cc21.[Na+]. The summed E-state index contributed by atoms with van der Waals surface area (Å²) < 4.78 is 38.5. The number of aromatic nitrogens is 1. The van der Waals surface area contributed by atoms with Gasteiger partial charge in [-0.2, -0.15) is 4.76 Å². The second kappa shape index (κ2) is 9.01. The van der Waals surface area contributed by atoms with Crippen molar-refractivity contribution in [3.05, 3.63) is 63.7 Å². The first-order valence-electron chi connectivity index (χ1n) is 10.5. The maximum Gasteiger partial charge on any atom is 1.00 e. The van der Waals surface area contributed by atoms with Gasteiger partial charge < -0.3 is 19.5 Å². The van der Waals surface area contributed by atoms with Crippen molar-refractivity contribution in [2.75, 3.05) is 12.4 Å². The van der Waals surface area contributed by atoms with Gasteiger partial charge >= 0.3 is 37.1 Å². The van der Waals surface area contributed by atoms with Crippen LogP contribution in [0.1, 0.15) is 30.4 Å². The van der Waals surface area contributed by atoms with Gasteiger partial charge in [-0.1, -0.05) is 30.2 Å². The van der Waals surface area contributed by atoms with E-state index in [4.69, 9.17) is 4.52 Å². The maximum atomic E-state index is 14.0. The third-order valence-corrected chi connectivity index (χ3v) is 8.00. The van der Waals surface area contributed by atoms with Crippen LogP contribution in [0.4, 0.5) is 10.1 Å². The predicted octanol–water partition coefficient (Wildman–Crippen LogP) is 0.664. The van der Waals surface area contributed by atoms with Crippen molar-refractivity contribution in [3.63, 3.8) is 0 Å². The summed E-state index contributed by atoms with van der Waals surface area (Å²) in [7, 11) is -2.44. The molecule has 0 saturated heterocycles. The Morgan fingerprint density at radius 1 is 1.27 bits per heavy atom. The minimum absolute atomic E-state index is 0. The Balaban J connectivity index is 0.00000259. The Labute approximate surface area is 212 Å². The molecule has 1 unspecified atom stereocenters. The molecule has 1 aromatic heterocycles. The zero-order valence-corrected chi connectivity index (χ0v) is 21.6. The van der Waals surface area contributed by atoms with E-state index in [0.717, 1.165) is 30.9 Å². The van der Waals surface area contributed by atoms with E-state index in [1.165, 1.54) is 23.8 Å². The van der Waals surface area contributed by atoms with Crippen molar-refractivity contribution < 1.29 is 48.1 Å². The number of anilines is 1. The van der Waals surface area contributed by atoms with E-state index in [1.807, 2.05) is 13.0 Å². The van der Waals surface area contributed by atoms with Crippen molar-refractivity contribution >= 4 is 35.3 Å². The van der Waals surface area contributed by atoms with E-state index in [1.54, 1.807) is 12.1 Å². The van der Waals surface area contributed by atoms with Crippen LogP contribution in [-0.2, 0) is 15.6 Å². The van der Waals surface area contributed by atoms with Gasteiger partial charge in [0.05, 0.1) is 22.1 Å². The van der Waals surface area contributed by atoms with Crippen LogP contribution in [0, 0.1) is 18.7 Å². The summed E-state index contributed by atoms with van der Waals surface area (Å²) in [6.45, 7) is 2.26. The maximum absolute atomic E-state index is 14.0. The van der Waals surface area contributed by atoms with Crippen molar-refractivity contribution in [2.24, 2.45) is 10.7 Å². The van der Waals surface area contributed by atoms with Crippen molar-refractivity contribution in [1.82, 2.24) is 4.57 Å². The van der Waals surface area contributed by atoms with Gasteiger partial charge in [0.2, 0.25) is 0 Å². The molecule has 1 fully saturated rings. The fourth-order valence-electron chi connectivity index (χ4n) is 4.12. The normalized spacial score (nSPS) is 19.4. The van der Waals surface area contributed by atoms with E-state index in [9.17, 15) is 18.9 Å². The molecule has 166 valence electrons. The Kier molecular flexibility index (Phi) is 6.60. The molecule has 1 aliphatic carbocycles. The first kappa shape index (κ1) is 24.2. The number of fused-ring (bicyclic) bond motifs is 2. The summed E-state index contributed by atoms with van der Waals surface area (Å²) in [5, 5.41) is 16.8. The van der Waals surface area contributed by atoms with Crippen LogP contribution >= 0.6 is 7.52 Å². The van der Waals surface area contributed by atoms with Gasteiger partial charge in [-0.15, -0.1) is 0 Å². The standard InChI is InChI=1S/C23H23FN3O4P.Na/c1-13-3-7-17-19(11-13)32(30,31-2)26-22(25-17)20-21(28)16-12-15(24)6-8-18(16)27(23(20)29)10-9-14-4-5-14;/h3,6-8,11-12,14,28H,4-5,9-10H2,1-2H3,(H,25,26,30);/q;+1/p-1. The average Bonchev–Trinajstić information content (AvgIpc) is 3.59. The summed E-state index contributed by atoms with van der Waals surface area (Å²) in [6.07, 6.45) is 3.03. The molecule has 1 aliphatic heterocycles. The van der Waals surface area contributed by atoms with Crippen LogP contribution in [0.5, 0.6) is 5.75 Å². The second-order valence-electron chi connectivity index (χ2n) is 8.35. The Bertz CT molecular complexity index is 1400. The number of aryl methyl sites for hydroxylation is 2. The molecule has 1 saturated carbocycles. The molecule has 2 heterocycles. The zero-order chi connectivity index (χ0) is 22.6. The molecule has 1 N–H and O–H groups in total. The van der Waals surface area contributed by atoms with Crippen LogP contribution < -0.4 is 50.8 Å². The molecule has 33 heavy (non-hydrogen) atoms. The summed E-state index contributed by atoms with van der Waals surface area (Å²) >= 11 is 0. The van der Waals surface area contributed by atoms with Crippen molar-refractivity contribution in [2.45, 2.75) is 32.7 Å². The molecule has 0 spiro atoms. The van der Waals surface area contributed by atoms with Crippen LogP contribution in [0.2, 0.25) is 0 Å². The van der Waals surface area contributed by atoms with Gasteiger partial charge in [0.15, 0.2) is 0 Å². The fraction of sp³-hybridized carbons (Fsp3) is 0.304. The zero-order valence-electron chi connectivity index (χ0n) is 18.7. The number of hydrogen-bond acceptors (Lipinski definition) is 5. The predicted molar refractivity (Wildman–Crippen MR) is 121 cm³/mol. The van der Waals surface area contributed by atoms with Crippen LogP contribution in [0.15, 0.2) is 46.0 Å². The third kappa shape index (κ3) is 4.31. The van der Waals surface area contributed by atoms with Gasteiger partial charge in [0.25, 0.3) is 5.56 Å². The van der Waals surface area contributed by atoms with Crippen molar-refractivity contribution in [1.29, 1.82) is 0 Å². The van der Waals surface area contributed by atoms with E-state index in [2.05, 4.69) is 10.1 Å². The Morgan fingerprint density at radius 2 is 2.03 bits per heavy atom. The summed E-state index contributed by atoms with van der Waals surface area (Å²) in [6, 6.07) is 9.05. The molecule has 0 radical (unpaired) electrons. The minimum Gasteiger partial charge on any atom is -0.871 e. The molecular formula is C23H22FN3NaO4P. The first-order chi connectivity index (χ1) is 15.3. The van der Waals surface area contributed by atoms with E-state index in [0.29, 0.717) is 29.0 Å². The summed E-state index contributed by atoms with van der Waals surface area (Å²) in [5.41, 5.74) is 0.901. The van der Waals surface area contributed by atoms with Gasteiger partial charge in [-0.25, -0.2) is 4.39 Å². The van der Waals surface area contributed by atoms with Crippen LogP contribution in [0.3, 0.4) is 0 Å². The number of amidine groups is 1. The summed E-state index contributed by atoms with van der Waals surface area (Å²) in [5.74, 6) is -0.791. The molecule has 3 aromatic rings. The molecule has 5 rings (SSSR count). The van der Waals surface area contributed by atoms with Crippen LogP contribution in [-0.4, -0.2) is 17.5 Å². The Hall–Kier alpha value is -1.96. The second-order valence-corrected chi connectivity index (χ2v) is 10.4.